The molecule has 0 aromatic rings. The van der Waals surface area contributed by atoms with Gasteiger partial charge >= 0.3 is 0 Å². The van der Waals surface area contributed by atoms with Crippen LogP contribution < -0.4 is 0 Å². The van der Waals surface area contributed by atoms with Gasteiger partial charge in [0.15, 0.2) is 5.88 Å². The van der Waals surface area contributed by atoms with Crippen molar-refractivity contribution in [3.05, 3.63) is 23.6 Å². The molecule has 0 spiro atoms. The van der Waals surface area contributed by atoms with Gasteiger partial charge < -0.3 is 9.64 Å². The number of nitrogens with zero attached hydrogens (tertiary/aromatic N) is 3. The van der Waals surface area contributed by atoms with Crippen molar-refractivity contribution in [3.63, 3.8) is 0 Å². The Kier molecular flexibility index (Phi) is 7.54. The minimum atomic E-state index is -0.0391. The summed E-state index contributed by atoms with van der Waals surface area (Å²) < 4.78 is 5.74. The van der Waals surface area contributed by atoms with Crippen LogP contribution in [0.25, 0.3) is 0 Å². The van der Waals surface area contributed by atoms with Gasteiger partial charge in [-0.2, -0.15) is 10.5 Å². The molecule has 0 aromatic heterocycles. The first-order valence-corrected chi connectivity index (χ1v) is 8.17. The fourth-order valence-electron chi connectivity index (χ4n) is 2.56. The molecule has 0 bridgehead atoms. The van der Waals surface area contributed by atoms with E-state index in [-0.39, 0.29) is 11.1 Å². The molecule has 0 saturated carbocycles. The van der Waals surface area contributed by atoms with E-state index in [0.717, 1.165) is 18.8 Å². The van der Waals surface area contributed by atoms with Gasteiger partial charge in [0.05, 0.1) is 5.54 Å². The first-order valence-electron chi connectivity index (χ1n) is 8.17. The van der Waals surface area contributed by atoms with Gasteiger partial charge in [-0.05, 0) is 26.3 Å². The summed E-state index contributed by atoms with van der Waals surface area (Å²) in [5.41, 5.74) is 0.0584. The second kappa shape index (κ2) is 9.15. The van der Waals surface area contributed by atoms with Crippen LogP contribution in [0.15, 0.2) is 23.6 Å². The molecule has 0 N–H and O–H groups in total. The molecule has 0 radical (unpaired) electrons. The number of hydrogen-bond donors (Lipinski definition) is 0. The van der Waals surface area contributed by atoms with Crippen LogP contribution in [-0.2, 0) is 4.74 Å². The maximum absolute atomic E-state index is 8.79. The van der Waals surface area contributed by atoms with E-state index in [1.165, 1.54) is 38.2 Å². The molecule has 4 nitrogen and oxygen atoms in total. The monoisotopic (exact) mass is 301 g/mol. The van der Waals surface area contributed by atoms with Gasteiger partial charge in [0.1, 0.15) is 24.3 Å². The van der Waals surface area contributed by atoms with Crippen molar-refractivity contribution >= 4 is 0 Å². The molecule has 1 heterocycles. The maximum Gasteiger partial charge on any atom is 0.189 e. The Labute approximate surface area is 134 Å². The lowest BCUT2D eigenvalue weighted by atomic mass is 10.0. The lowest BCUT2D eigenvalue weighted by Gasteiger charge is -2.30. The lowest BCUT2D eigenvalue weighted by Crippen LogP contribution is -2.39. The van der Waals surface area contributed by atoms with Crippen LogP contribution in [0.2, 0.25) is 0 Å². The Morgan fingerprint density at radius 3 is 2.45 bits per heavy atom. The van der Waals surface area contributed by atoms with Crippen molar-refractivity contribution < 1.29 is 4.74 Å². The Morgan fingerprint density at radius 1 is 1.18 bits per heavy atom. The highest BCUT2D eigenvalue weighted by Gasteiger charge is 2.36. The van der Waals surface area contributed by atoms with Gasteiger partial charge in [-0.15, -0.1) is 0 Å². The Balaban J connectivity index is 2.59. The van der Waals surface area contributed by atoms with Crippen LogP contribution in [0.3, 0.4) is 0 Å². The summed E-state index contributed by atoms with van der Waals surface area (Å²) in [5.74, 6) is 0.765. The van der Waals surface area contributed by atoms with Gasteiger partial charge in [-0.3, -0.25) is 0 Å². The van der Waals surface area contributed by atoms with E-state index in [9.17, 15) is 0 Å². The summed E-state index contributed by atoms with van der Waals surface area (Å²) in [5, 5.41) is 17.6. The molecule has 0 aliphatic carbocycles. The summed E-state index contributed by atoms with van der Waals surface area (Å²) in [4.78, 5) is 2.25. The SMILES string of the molecule is CCCCCCCCN1C(=CC=C(C#N)C#N)OCC1(C)C. The van der Waals surface area contributed by atoms with Gasteiger partial charge in [0.25, 0.3) is 0 Å². The van der Waals surface area contributed by atoms with E-state index >= 15 is 0 Å². The van der Waals surface area contributed by atoms with Crippen LogP contribution in [0.4, 0.5) is 0 Å². The molecule has 0 aromatic carbocycles. The van der Waals surface area contributed by atoms with Gasteiger partial charge in [-0.25, -0.2) is 0 Å². The molecular weight excluding hydrogens is 274 g/mol. The van der Waals surface area contributed by atoms with Crippen molar-refractivity contribution in [1.82, 2.24) is 4.90 Å². The third-order valence-electron chi connectivity index (χ3n) is 3.94. The topological polar surface area (TPSA) is 60.0 Å². The minimum absolute atomic E-state index is 0.0391. The summed E-state index contributed by atoms with van der Waals surface area (Å²) >= 11 is 0. The number of nitriles is 2. The third kappa shape index (κ3) is 5.45. The van der Waals surface area contributed by atoms with Crippen LogP contribution in [0.5, 0.6) is 0 Å². The molecule has 1 saturated heterocycles. The fraction of sp³-hybridized carbons (Fsp3) is 0.667. The number of allylic oxidation sites excluding steroid dienone is 3. The number of rotatable bonds is 8. The molecule has 1 fully saturated rings. The van der Waals surface area contributed by atoms with Crippen LogP contribution in [-0.4, -0.2) is 23.6 Å². The van der Waals surface area contributed by atoms with Crippen molar-refractivity contribution in [1.29, 1.82) is 10.5 Å². The second-order valence-electron chi connectivity index (χ2n) is 6.33. The summed E-state index contributed by atoms with van der Waals surface area (Å²) in [7, 11) is 0. The largest absolute Gasteiger partial charge is 0.477 e. The minimum Gasteiger partial charge on any atom is -0.477 e. The first-order chi connectivity index (χ1) is 10.5. The van der Waals surface area contributed by atoms with Gasteiger partial charge in [-0.1, -0.05) is 39.0 Å². The zero-order valence-corrected chi connectivity index (χ0v) is 14.1. The second-order valence-corrected chi connectivity index (χ2v) is 6.33. The van der Waals surface area contributed by atoms with E-state index in [1.54, 1.807) is 6.08 Å². The molecule has 0 atom stereocenters. The Bertz CT molecular complexity index is 475. The van der Waals surface area contributed by atoms with Crippen LogP contribution in [0, 0.1) is 22.7 Å². The zero-order chi connectivity index (χ0) is 16.4. The molecule has 120 valence electrons. The highest BCUT2D eigenvalue weighted by atomic mass is 16.5. The van der Waals surface area contributed by atoms with Gasteiger partial charge in [0.2, 0.25) is 0 Å². The van der Waals surface area contributed by atoms with E-state index in [0.29, 0.717) is 6.61 Å². The Morgan fingerprint density at radius 2 is 1.82 bits per heavy atom. The smallest absolute Gasteiger partial charge is 0.189 e. The molecule has 4 heteroatoms. The lowest BCUT2D eigenvalue weighted by molar-refractivity contribution is 0.212. The Hall–Kier alpha value is -1.94. The third-order valence-corrected chi connectivity index (χ3v) is 3.94. The fourth-order valence-corrected chi connectivity index (χ4v) is 2.56. The molecule has 1 aliphatic heterocycles. The molecule has 0 amide bonds. The van der Waals surface area contributed by atoms with E-state index in [1.807, 2.05) is 12.1 Å². The van der Waals surface area contributed by atoms with Crippen molar-refractivity contribution in [3.8, 4) is 12.1 Å². The van der Waals surface area contributed by atoms with E-state index < -0.39 is 0 Å². The quantitative estimate of drug-likeness (QED) is 0.496. The molecular formula is C18H27N3O. The number of ether oxygens (including phenoxy) is 1. The number of unbranched alkanes of at least 4 members (excludes halogenated alkanes) is 5. The van der Waals surface area contributed by atoms with E-state index in [4.69, 9.17) is 15.3 Å². The standard InChI is InChI=1S/C18H27N3O/c1-4-5-6-7-8-9-12-21-17(22-15-18(21,2)3)11-10-16(13-19)14-20/h10-11H,4-9,12,15H2,1-3H3. The summed E-state index contributed by atoms with van der Waals surface area (Å²) in [6.45, 7) is 8.13. The highest BCUT2D eigenvalue weighted by Crippen LogP contribution is 2.30. The normalized spacial score (nSPS) is 17.7. The van der Waals surface area contributed by atoms with Crippen molar-refractivity contribution in [2.24, 2.45) is 0 Å². The summed E-state index contributed by atoms with van der Waals surface area (Å²) in [6.07, 6.45) is 10.8. The zero-order valence-electron chi connectivity index (χ0n) is 14.1. The van der Waals surface area contributed by atoms with Gasteiger partial charge in [0, 0.05) is 12.6 Å². The maximum atomic E-state index is 8.79. The predicted molar refractivity (Wildman–Crippen MR) is 87.5 cm³/mol. The molecule has 0 unspecified atom stereocenters. The number of hydrogen-bond acceptors (Lipinski definition) is 4. The van der Waals surface area contributed by atoms with Crippen LogP contribution >= 0.6 is 0 Å². The average molecular weight is 301 g/mol. The first kappa shape index (κ1) is 18.1. The average Bonchev–Trinajstić information content (AvgIpc) is 2.79. The molecule has 22 heavy (non-hydrogen) atoms. The molecule has 1 aliphatic rings. The van der Waals surface area contributed by atoms with E-state index in [2.05, 4.69) is 25.7 Å². The van der Waals surface area contributed by atoms with Crippen LogP contribution in [0.1, 0.15) is 59.3 Å². The summed E-state index contributed by atoms with van der Waals surface area (Å²) in [6, 6.07) is 3.73. The highest BCUT2D eigenvalue weighted by molar-refractivity contribution is 5.38. The van der Waals surface area contributed by atoms with Crippen molar-refractivity contribution in [2.45, 2.75) is 64.8 Å². The predicted octanol–water partition coefficient (Wildman–Crippen LogP) is 4.27. The van der Waals surface area contributed by atoms with Crippen molar-refractivity contribution in [2.75, 3.05) is 13.2 Å². The molecule has 1 rings (SSSR count).